The zero-order valence-electron chi connectivity index (χ0n) is 12.4. The van der Waals surface area contributed by atoms with Gasteiger partial charge in [0.05, 0.1) is 10.6 Å². The molecule has 126 valence electrons. The number of urea groups is 1. The van der Waals surface area contributed by atoms with E-state index in [0.29, 0.717) is 0 Å². The highest BCUT2D eigenvalue weighted by Crippen LogP contribution is 2.30. The molecule has 0 aliphatic carbocycles. The van der Waals surface area contributed by atoms with Crippen LogP contribution in [0.2, 0.25) is 5.02 Å². The zero-order chi connectivity index (χ0) is 17.9. The molecule has 0 aromatic heterocycles. The number of hydrogen-bond donors (Lipinski definition) is 2. The average molecular weight is 357 g/mol. The van der Waals surface area contributed by atoms with E-state index in [1.807, 2.05) is 0 Å². The molecule has 0 saturated heterocycles. The summed E-state index contributed by atoms with van der Waals surface area (Å²) in [6.07, 6.45) is -4.50. The molecule has 8 heteroatoms. The minimum absolute atomic E-state index is 0.0110. The maximum atomic E-state index is 12.6. The van der Waals surface area contributed by atoms with E-state index in [4.69, 9.17) is 11.6 Å². The number of benzene rings is 2. The van der Waals surface area contributed by atoms with E-state index in [9.17, 15) is 22.8 Å². The van der Waals surface area contributed by atoms with Crippen molar-refractivity contribution in [2.75, 3.05) is 10.6 Å². The first kappa shape index (κ1) is 17.8. The van der Waals surface area contributed by atoms with Gasteiger partial charge in [0.1, 0.15) is 0 Å². The summed E-state index contributed by atoms with van der Waals surface area (Å²) < 4.78 is 37.9. The van der Waals surface area contributed by atoms with Crippen LogP contribution in [-0.2, 0) is 6.18 Å². The SMILES string of the molecule is CC(=O)c1cc(NC(=O)Nc2cccc(C(F)(F)F)c2)ccc1Cl. The van der Waals surface area contributed by atoms with E-state index < -0.39 is 17.8 Å². The van der Waals surface area contributed by atoms with Gasteiger partial charge in [-0.05, 0) is 43.3 Å². The number of hydrogen-bond acceptors (Lipinski definition) is 2. The van der Waals surface area contributed by atoms with Crippen LogP contribution in [0.15, 0.2) is 42.5 Å². The molecule has 24 heavy (non-hydrogen) atoms. The first-order valence-corrected chi connectivity index (χ1v) is 7.10. The Labute approximate surface area is 140 Å². The molecule has 0 unspecified atom stereocenters. The third-order valence-electron chi connectivity index (χ3n) is 3.05. The van der Waals surface area contributed by atoms with Crippen molar-refractivity contribution in [2.45, 2.75) is 13.1 Å². The molecule has 0 aliphatic heterocycles. The van der Waals surface area contributed by atoms with E-state index in [1.165, 1.54) is 37.3 Å². The fourth-order valence-corrected chi connectivity index (χ4v) is 2.19. The molecule has 0 heterocycles. The van der Waals surface area contributed by atoms with Gasteiger partial charge in [-0.3, -0.25) is 4.79 Å². The first-order chi connectivity index (χ1) is 11.2. The summed E-state index contributed by atoms with van der Waals surface area (Å²) >= 11 is 5.86. The van der Waals surface area contributed by atoms with Gasteiger partial charge in [0, 0.05) is 16.9 Å². The molecule has 0 aliphatic rings. The molecule has 2 rings (SSSR count). The second kappa shape index (κ2) is 6.92. The number of alkyl halides is 3. The maximum Gasteiger partial charge on any atom is 0.416 e. The third-order valence-corrected chi connectivity index (χ3v) is 3.38. The van der Waals surface area contributed by atoms with Gasteiger partial charge in [0.25, 0.3) is 0 Å². The number of carbonyl (C=O) groups is 2. The number of ketones is 1. The van der Waals surface area contributed by atoms with E-state index in [0.717, 1.165) is 12.1 Å². The Morgan fingerprint density at radius 1 is 1.00 bits per heavy atom. The highest BCUT2D eigenvalue weighted by molar-refractivity contribution is 6.34. The van der Waals surface area contributed by atoms with Crippen molar-refractivity contribution >= 4 is 34.8 Å². The molecule has 0 fully saturated rings. The molecule has 2 aromatic rings. The number of amides is 2. The highest BCUT2D eigenvalue weighted by atomic mass is 35.5. The van der Waals surface area contributed by atoms with Crippen molar-refractivity contribution in [3.8, 4) is 0 Å². The summed E-state index contributed by atoms with van der Waals surface area (Å²) in [4.78, 5) is 23.3. The maximum absolute atomic E-state index is 12.6. The summed E-state index contributed by atoms with van der Waals surface area (Å²) in [5, 5.41) is 4.97. The minimum atomic E-state index is -4.50. The van der Waals surface area contributed by atoms with Crippen LogP contribution in [0.4, 0.5) is 29.3 Å². The fraction of sp³-hybridized carbons (Fsp3) is 0.125. The summed E-state index contributed by atoms with van der Waals surface area (Å²) in [7, 11) is 0. The van der Waals surface area contributed by atoms with Crippen LogP contribution in [0.5, 0.6) is 0 Å². The van der Waals surface area contributed by atoms with Crippen LogP contribution in [0.25, 0.3) is 0 Å². The van der Waals surface area contributed by atoms with Gasteiger partial charge >= 0.3 is 12.2 Å². The zero-order valence-corrected chi connectivity index (χ0v) is 13.1. The molecular formula is C16H12ClF3N2O2. The van der Waals surface area contributed by atoms with Gasteiger partial charge in [-0.25, -0.2) is 4.79 Å². The van der Waals surface area contributed by atoms with E-state index >= 15 is 0 Å². The number of halogens is 4. The van der Waals surface area contributed by atoms with Crippen molar-refractivity contribution in [3.63, 3.8) is 0 Å². The third kappa shape index (κ3) is 4.48. The van der Waals surface area contributed by atoms with Crippen LogP contribution in [-0.4, -0.2) is 11.8 Å². The number of carbonyl (C=O) groups excluding carboxylic acids is 2. The predicted octanol–water partition coefficient (Wildman–Crippen LogP) is 5.21. The van der Waals surface area contributed by atoms with E-state index in [-0.39, 0.29) is 27.7 Å². The van der Waals surface area contributed by atoms with Crippen LogP contribution in [0.1, 0.15) is 22.8 Å². The molecule has 4 nitrogen and oxygen atoms in total. The molecule has 0 atom stereocenters. The van der Waals surface area contributed by atoms with E-state index in [1.54, 1.807) is 0 Å². The summed E-state index contributed by atoms with van der Waals surface area (Å²) in [6.45, 7) is 1.33. The summed E-state index contributed by atoms with van der Waals surface area (Å²) in [6, 6.07) is 7.80. The largest absolute Gasteiger partial charge is 0.416 e. The Balaban J connectivity index is 2.12. The van der Waals surface area contributed by atoms with Crippen molar-refractivity contribution in [1.82, 2.24) is 0 Å². The molecule has 2 N–H and O–H groups in total. The quantitative estimate of drug-likeness (QED) is 0.742. The Hall–Kier alpha value is -2.54. The minimum Gasteiger partial charge on any atom is -0.308 e. The average Bonchev–Trinajstić information content (AvgIpc) is 2.48. The van der Waals surface area contributed by atoms with Crippen LogP contribution < -0.4 is 10.6 Å². The van der Waals surface area contributed by atoms with Crippen LogP contribution >= 0.6 is 11.6 Å². The fourth-order valence-electron chi connectivity index (χ4n) is 1.94. The standard InChI is InChI=1S/C16H12ClF3N2O2/c1-9(23)13-8-12(5-6-14(13)17)22-15(24)21-11-4-2-3-10(7-11)16(18,19)20/h2-8H,1H3,(H2,21,22,24). The normalized spacial score (nSPS) is 11.0. The van der Waals surface area contributed by atoms with Gasteiger partial charge in [0.2, 0.25) is 0 Å². The van der Waals surface area contributed by atoms with E-state index in [2.05, 4.69) is 10.6 Å². The first-order valence-electron chi connectivity index (χ1n) is 6.72. The Kier molecular flexibility index (Phi) is 5.14. The topological polar surface area (TPSA) is 58.2 Å². The number of nitrogens with one attached hydrogen (secondary N) is 2. The second-order valence-corrected chi connectivity index (χ2v) is 5.32. The molecular weight excluding hydrogens is 345 g/mol. The van der Waals surface area contributed by atoms with Gasteiger partial charge in [-0.1, -0.05) is 17.7 Å². The van der Waals surface area contributed by atoms with Gasteiger partial charge in [-0.2, -0.15) is 13.2 Å². The second-order valence-electron chi connectivity index (χ2n) is 4.91. The summed E-state index contributed by atoms with van der Waals surface area (Å²) in [5.74, 6) is -0.276. The molecule has 0 radical (unpaired) electrons. The molecule has 0 spiro atoms. The van der Waals surface area contributed by atoms with Gasteiger partial charge in [-0.15, -0.1) is 0 Å². The lowest BCUT2D eigenvalue weighted by atomic mass is 10.1. The Bertz CT molecular complexity index is 791. The van der Waals surface area contributed by atoms with Crippen molar-refractivity contribution in [1.29, 1.82) is 0 Å². The molecule has 0 bridgehead atoms. The van der Waals surface area contributed by atoms with Crippen molar-refractivity contribution in [2.24, 2.45) is 0 Å². The lowest BCUT2D eigenvalue weighted by molar-refractivity contribution is -0.137. The Morgan fingerprint density at radius 2 is 1.62 bits per heavy atom. The lowest BCUT2D eigenvalue weighted by Crippen LogP contribution is -2.20. The molecule has 0 saturated carbocycles. The number of anilines is 2. The number of Topliss-reactive ketones (excluding diaryl/α,β-unsaturated/α-hetero) is 1. The highest BCUT2D eigenvalue weighted by Gasteiger charge is 2.30. The van der Waals surface area contributed by atoms with Crippen molar-refractivity contribution in [3.05, 3.63) is 58.6 Å². The lowest BCUT2D eigenvalue weighted by Gasteiger charge is -2.11. The monoisotopic (exact) mass is 356 g/mol. The number of rotatable bonds is 3. The van der Waals surface area contributed by atoms with Crippen molar-refractivity contribution < 1.29 is 22.8 Å². The summed E-state index contributed by atoms with van der Waals surface area (Å²) in [5.41, 5.74) is -0.364. The van der Waals surface area contributed by atoms with Crippen LogP contribution in [0, 0.1) is 0 Å². The molecule has 2 aromatic carbocycles. The van der Waals surface area contributed by atoms with Gasteiger partial charge < -0.3 is 10.6 Å². The van der Waals surface area contributed by atoms with Crippen LogP contribution in [0.3, 0.4) is 0 Å². The molecule has 2 amide bonds. The Morgan fingerprint density at radius 3 is 2.21 bits per heavy atom. The predicted molar refractivity (Wildman–Crippen MR) is 85.5 cm³/mol. The smallest absolute Gasteiger partial charge is 0.308 e. The van der Waals surface area contributed by atoms with Gasteiger partial charge in [0.15, 0.2) is 5.78 Å².